The number of halogens is 2. The number of aliphatic hydroxyl groups is 3. The summed E-state index contributed by atoms with van der Waals surface area (Å²) in [5.41, 5.74) is -0.346. The average Bonchev–Trinajstić information content (AvgIpc) is 3.41. The van der Waals surface area contributed by atoms with Crippen molar-refractivity contribution in [3.8, 4) is 52.0 Å². The monoisotopic (exact) mass is 1110 g/mol. The summed E-state index contributed by atoms with van der Waals surface area (Å²) in [6.45, 7) is 18.1. The number of thioether (sulfide) groups is 3. The van der Waals surface area contributed by atoms with Crippen LogP contribution in [0.2, 0.25) is 0 Å². The molecule has 0 aliphatic carbocycles. The standard InChI is InChI=1S/2C18H19FN4O2S.C17H19N5O2S/c2*1-18(2,3)15-13(19)4-11(6-21-15)14-12(5-20)16(25)23-7-10(8-24)9-26-17(23)22-14;1-17(2,3)15-19-5-11(6-20-15)13-12(4-18)14(24)22-7-10(8-23)9-25-16(22)21-13/h2*4,6,10,24H,7-9H2,1-3H3;5-6,10,23H,7-9H2,1-3H3/t2*10-;/m10./s1. The number of rotatable bonds is 6. The number of pyridine rings is 2. The molecule has 3 N–H and O–H groups in total. The van der Waals surface area contributed by atoms with Crippen LogP contribution in [0, 0.1) is 63.4 Å². The van der Waals surface area contributed by atoms with E-state index in [0.29, 0.717) is 92.0 Å². The van der Waals surface area contributed by atoms with Crippen LogP contribution in [0.1, 0.15) is 96.2 Å². The van der Waals surface area contributed by atoms with Crippen LogP contribution in [-0.2, 0) is 35.9 Å². The summed E-state index contributed by atoms with van der Waals surface area (Å²) in [6.07, 6.45) is 6.12. The van der Waals surface area contributed by atoms with Gasteiger partial charge in [0.05, 0.1) is 28.5 Å². The van der Waals surface area contributed by atoms with E-state index in [1.807, 2.05) is 80.5 Å². The van der Waals surface area contributed by atoms with Gasteiger partial charge in [-0.05, 0) is 12.1 Å². The Kier molecular flexibility index (Phi) is 17.7. The maximum Gasteiger partial charge on any atom is 0.272 e. The second-order valence-corrected chi connectivity index (χ2v) is 24.6. The topological polar surface area (TPSA) is 288 Å². The molecule has 0 spiro atoms. The summed E-state index contributed by atoms with van der Waals surface area (Å²) >= 11 is 4.10. The second-order valence-electron chi connectivity index (χ2n) is 21.7. The lowest BCUT2D eigenvalue weighted by molar-refractivity contribution is 0.217. The number of nitrogens with zero attached hydrogens (tertiary/aromatic N) is 13. The van der Waals surface area contributed by atoms with E-state index < -0.39 is 33.6 Å². The molecule has 3 aliphatic heterocycles. The van der Waals surface area contributed by atoms with Gasteiger partial charge in [0.15, 0.2) is 15.5 Å². The number of hydrogen-bond donors (Lipinski definition) is 3. The normalized spacial score (nSPS) is 16.9. The summed E-state index contributed by atoms with van der Waals surface area (Å²) in [6, 6.07) is 8.30. The van der Waals surface area contributed by atoms with Gasteiger partial charge in [0, 0.05) is 132 Å². The van der Waals surface area contributed by atoms with E-state index in [0.717, 1.165) is 0 Å². The highest BCUT2D eigenvalue weighted by Gasteiger charge is 2.30. The van der Waals surface area contributed by atoms with Crippen molar-refractivity contribution in [2.45, 2.75) is 114 Å². The molecule has 9 rings (SSSR count). The van der Waals surface area contributed by atoms with Gasteiger partial charge >= 0.3 is 0 Å². The van der Waals surface area contributed by atoms with Gasteiger partial charge in [0.1, 0.15) is 52.4 Å². The average molecular weight is 1110 g/mol. The molecule has 3 atom stereocenters. The maximum absolute atomic E-state index is 14.5. The fraction of sp³-hybridized carbons (Fsp3) is 0.453. The molecule has 0 saturated heterocycles. The summed E-state index contributed by atoms with van der Waals surface area (Å²) in [7, 11) is 0. The quantitative estimate of drug-likeness (QED) is 0.156. The summed E-state index contributed by atoms with van der Waals surface area (Å²) in [5, 5.41) is 57.9. The number of fused-ring (bicyclic) bond motifs is 3. The molecule has 9 heterocycles. The Morgan fingerprint density at radius 3 is 1.08 bits per heavy atom. The maximum atomic E-state index is 14.5. The third-order valence-corrected chi connectivity index (χ3v) is 16.0. The van der Waals surface area contributed by atoms with Crippen LogP contribution in [0.4, 0.5) is 8.78 Å². The number of nitriles is 3. The van der Waals surface area contributed by atoms with Crippen molar-refractivity contribution < 1.29 is 24.1 Å². The van der Waals surface area contributed by atoms with Gasteiger partial charge in [-0.1, -0.05) is 97.6 Å². The lowest BCUT2D eigenvalue weighted by Crippen LogP contribution is -2.34. The molecule has 6 aromatic rings. The van der Waals surface area contributed by atoms with Crippen LogP contribution in [0.25, 0.3) is 33.8 Å². The molecule has 0 aromatic carbocycles. The molecule has 6 aromatic heterocycles. The van der Waals surface area contributed by atoms with Gasteiger partial charge < -0.3 is 15.3 Å². The van der Waals surface area contributed by atoms with Gasteiger partial charge in [0.25, 0.3) is 16.7 Å². The molecule has 24 heteroatoms. The third kappa shape index (κ3) is 12.5. The number of hydrogen-bond acceptors (Lipinski definition) is 19. The largest absolute Gasteiger partial charge is 0.396 e. The Morgan fingerprint density at radius 2 is 0.818 bits per heavy atom. The van der Waals surface area contributed by atoms with E-state index in [1.165, 1.54) is 73.5 Å². The Bertz CT molecular complexity index is 3390. The van der Waals surface area contributed by atoms with Gasteiger partial charge in [0.2, 0.25) is 0 Å². The van der Waals surface area contributed by atoms with E-state index in [4.69, 9.17) is 0 Å². The van der Waals surface area contributed by atoms with Gasteiger partial charge in [-0.25, -0.2) is 33.7 Å². The lowest BCUT2D eigenvalue weighted by Gasteiger charge is -2.24. The van der Waals surface area contributed by atoms with E-state index in [9.17, 15) is 54.3 Å². The SMILES string of the molecule is CC(C)(C)c1ncc(-c2nc3n(c(=O)c2C#N)CC(CO)CS3)cn1.CC(C)(C)c1ncc(-c2nc3n(c(=O)c2C#N)C[C@@H](CO)CS3)cc1F.CC(C)(C)c1ncc(-c2nc3n(c(=O)c2C#N)C[C@H](CO)CS3)cc1F. The molecule has 0 bridgehead atoms. The van der Waals surface area contributed by atoms with Crippen molar-refractivity contribution in [2.24, 2.45) is 17.8 Å². The lowest BCUT2D eigenvalue weighted by atomic mass is 9.90. The smallest absolute Gasteiger partial charge is 0.272 e. The number of aliphatic hydroxyl groups excluding tert-OH is 3. The fourth-order valence-corrected chi connectivity index (χ4v) is 11.5. The molecule has 1 unspecified atom stereocenters. The Hall–Kier alpha value is -6.72. The van der Waals surface area contributed by atoms with Crippen LogP contribution in [-0.4, -0.2) is 101 Å². The zero-order valence-electron chi connectivity index (χ0n) is 43.9. The van der Waals surface area contributed by atoms with Gasteiger partial charge in [-0.15, -0.1) is 0 Å². The van der Waals surface area contributed by atoms with E-state index >= 15 is 0 Å². The van der Waals surface area contributed by atoms with Crippen LogP contribution >= 0.6 is 35.3 Å². The molecule has 19 nitrogen and oxygen atoms in total. The van der Waals surface area contributed by atoms with Gasteiger partial charge in [-0.2, -0.15) is 15.8 Å². The molecular weight excluding hydrogens is 1050 g/mol. The zero-order chi connectivity index (χ0) is 56.3. The number of aromatic nitrogens is 10. The highest BCUT2D eigenvalue weighted by Crippen LogP contribution is 2.34. The minimum atomic E-state index is -0.494. The van der Waals surface area contributed by atoms with E-state index in [1.54, 1.807) is 12.4 Å². The first-order chi connectivity index (χ1) is 36.4. The van der Waals surface area contributed by atoms with Crippen molar-refractivity contribution >= 4 is 35.3 Å². The van der Waals surface area contributed by atoms with E-state index in [-0.39, 0.29) is 76.6 Å². The van der Waals surface area contributed by atoms with Crippen molar-refractivity contribution in [1.82, 2.24) is 48.6 Å². The van der Waals surface area contributed by atoms with Crippen LogP contribution in [0.5, 0.6) is 0 Å². The summed E-state index contributed by atoms with van der Waals surface area (Å²) < 4.78 is 33.3. The first-order valence-electron chi connectivity index (χ1n) is 24.4. The van der Waals surface area contributed by atoms with Crippen molar-refractivity contribution in [2.75, 3.05) is 37.1 Å². The molecular formula is C53H57F2N13O6S3. The first-order valence-corrected chi connectivity index (χ1v) is 27.3. The Labute approximate surface area is 455 Å². The molecule has 0 amide bonds. The Balaban J connectivity index is 0.000000168. The van der Waals surface area contributed by atoms with Crippen molar-refractivity contribution in [3.05, 3.63) is 114 Å². The minimum absolute atomic E-state index is 0.00459. The summed E-state index contributed by atoms with van der Waals surface area (Å²) in [5.74, 6) is 1.51. The van der Waals surface area contributed by atoms with Crippen molar-refractivity contribution in [1.29, 1.82) is 15.8 Å². The Morgan fingerprint density at radius 1 is 0.519 bits per heavy atom. The molecule has 0 radical (unpaired) electrons. The highest BCUT2D eigenvalue weighted by atomic mass is 32.2. The predicted molar refractivity (Wildman–Crippen MR) is 287 cm³/mol. The minimum Gasteiger partial charge on any atom is -0.396 e. The third-order valence-electron chi connectivity index (χ3n) is 12.4. The molecule has 77 heavy (non-hydrogen) atoms. The van der Waals surface area contributed by atoms with Crippen LogP contribution < -0.4 is 16.7 Å². The van der Waals surface area contributed by atoms with Crippen molar-refractivity contribution in [3.63, 3.8) is 0 Å². The molecule has 3 aliphatic rings. The molecule has 0 saturated carbocycles. The fourth-order valence-electron chi connectivity index (χ4n) is 8.27. The summed E-state index contributed by atoms with van der Waals surface area (Å²) in [4.78, 5) is 68.6. The van der Waals surface area contributed by atoms with E-state index in [2.05, 4.69) is 34.9 Å². The van der Waals surface area contributed by atoms with Gasteiger partial charge in [-0.3, -0.25) is 38.1 Å². The van der Waals surface area contributed by atoms with Crippen LogP contribution in [0.15, 0.2) is 66.8 Å². The molecule has 0 fully saturated rings. The second kappa shape index (κ2) is 23.5. The first kappa shape index (κ1) is 58.0. The predicted octanol–water partition coefficient (Wildman–Crippen LogP) is 6.24. The highest BCUT2D eigenvalue weighted by molar-refractivity contribution is 7.99. The zero-order valence-corrected chi connectivity index (χ0v) is 46.4. The van der Waals surface area contributed by atoms with Crippen LogP contribution in [0.3, 0.4) is 0 Å². The molecule has 402 valence electrons.